The number of carbonyl (C=O) groups is 3. The molecule has 6 nitrogen and oxygen atoms in total. The van der Waals surface area contributed by atoms with Gasteiger partial charge >= 0.3 is 0 Å². The lowest BCUT2D eigenvalue weighted by Gasteiger charge is -2.34. The molecule has 0 radical (unpaired) electrons. The van der Waals surface area contributed by atoms with Gasteiger partial charge in [0, 0.05) is 38.8 Å². The molecule has 2 rings (SSSR count). The second-order valence-electron chi connectivity index (χ2n) is 5.41. The summed E-state index contributed by atoms with van der Waals surface area (Å²) in [5.74, 6) is -0.252. The second-order valence-corrected chi connectivity index (χ2v) is 5.41. The predicted octanol–water partition coefficient (Wildman–Crippen LogP) is 0.649. The molecule has 0 unspecified atom stereocenters. The van der Waals surface area contributed by atoms with Crippen molar-refractivity contribution in [3.05, 3.63) is 29.8 Å². The van der Waals surface area contributed by atoms with Crippen molar-refractivity contribution in [3.63, 3.8) is 0 Å². The van der Waals surface area contributed by atoms with Gasteiger partial charge in [-0.05, 0) is 18.6 Å². The normalized spacial score (nSPS) is 14.6. The van der Waals surface area contributed by atoms with Crippen LogP contribution in [0.25, 0.3) is 0 Å². The van der Waals surface area contributed by atoms with E-state index in [-0.39, 0.29) is 18.4 Å². The van der Waals surface area contributed by atoms with E-state index in [9.17, 15) is 14.4 Å². The Balaban J connectivity index is 2.06. The first-order chi connectivity index (χ1) is 10.5. The van der Waals surface area contributed by atoms with Crippen LogP contribution in [-0.4, -0.2) is 60.7 Å². The quantitative estimate of drug-likeness (QED) is 0.767. The molecule has 1 aliphatic rings. The van der Waals surface area contributed by atoms with Crippen LogP contribution in [0.5, 0.6) is 0 Å². The Morgan fingerprint density at radius 1 is 1.18 bits per heavy atom. The van der Waals surface area contributed by atoms with E-state index in [1.165, 1.54) is 11.8 Å². The van der Waals surface area contributed by atoms with Crippen molar-refractivity contribution in [1.29, 1.82) is 0 Å². The Labute approximate surface area is 130 Å². The molecular formula is C16H21N3O3. The summed E-state index contributed by atoms with van der Waals surface area (Å²) in [5, 5.41) is 0. The Bertz CT molecular complexity index is 566. The number of anilines is 1. The molecule has 118 valence electrons. The van der Waals surface area contributed by atoms with E-state index in [2.05, 4.69) is 0 Å². The third kappa shape index (κ3) is 3.63. The van der Waals surface area contributed by atoms with Crippen molar-refractivity contribution < 1.29 is 14.4 Å². The van der Waals surface area contributed by atoms with E-state index in [1.807, 2.05) is 31.2 Å². The maximum Gasteiger partial charge on any atom is 0.242 e. The highest BCUT2D eigenvalue weighted by molar-refractivity contribution is 5.98. The topological polar surface area (TPSA) is 60.9 Å². The van der Waals surface area contributed by atoms with Crippen LogP contribution < -0.4 is 4.90 Å². The van der Waals surface area contributed by atoms with Gasteiger partial charge in [0.25, 0.3) is 0 Å². The molecule has 0 saturated carbocycles. The van der Waals surface area contributed by atoms with Gasteiger partial charge in [-0.3, -0.25) is 14.4 Å². The van der Waals surface area contributed by atoms with Crippen LogP contribution in [0.4, 0.5) is 5.69 Å². The highest BCUT2D eigenvalue weighted by Crippen LogP contribution is 2.19. The molecule has 0 atom stereocenters. The predicted molar refractivity (Wildman–Crippen MR) is 83.4 cm³/mol. The average molecular weight is 303 g/mol. The monoisotopic (exact) mass is 303 g/mol. The molecule has 0 spiro atoms. The minimum Gasteiger partial charge on any atom is -0.342 e. The first kappa shape index (κ1) is 16.0. The molecule has 6 heteroatoms. The van der Waals surface area contributed by atoms with E-state index in [4.69, 9.17) is 0 Å². The SMILES string of the molecule is CC(=O)N(CC(=O)N1CCN(C=O)CC1)c1ccccc1C. The fourth-order valence-electron chi connectivity index (χ4n) is 2.54. The standard InChI is InChI=1S/C16H21N3O3/c1-13-5-3-4-6-15(13)19(14(2)21)11-16(22)18-9-7-17(12-20)8-10-18/h3-6,12H,7-11H2,1-2H3. The number of para-hydroxylation sites is 1. The summed E-state index contributed by atoms with van der Waals surface area (Å²) >= 11 is 0. The number of hydrogen-bond acceptors (Lipinski definition) is 3. The van der Waals surface area contributed by atoms with Gasteiger partial charge < -0.3 is 14.7 Å². The Hall–Kier alpha value is -2.37. The smallest absolute Gasteiger partial charge is 0.242 e. The van der Waals surface area contributed by atoms with Gasteiger partial charge in [0.15, 0.2) is 0 Å². The van der Waals surface area contributed by atoms with E-state index >= 15 is 0 Å². The number of benzene rings is 1. The van der Waals surface area contributed by atoms with E-state index in [1.54, 1.807) is 9.80 Å². The zero-order chi connectivity index (χ0) is 16.1. The van der Waals surface area contributed by atoms with Crippen molar-refractivity contribution in [2.45, 2.75) is 13.8 Å². The van der Waals surface area contributed by atoms with Gasteiger partial charge in [-0.1, -0.05) is 18.2 Å². The summed E-state index contributed by atoms with van der Waals surface area (Å²) in [6.45, 7) is 5.51. The molecule has 1 fully saturated rings. The number of aryl methyl sites for hydroxylation is 1. The van der Waals surface area contributed by atoms with Crippen LogP contribution in [0.1, 0.15) is 12.5 Å². The summed E-state index contributed by atoms with van der Waals surface area (Å²) in [6, 6.07) is 7.51. The van der Waals surface area contributed by atoms with Crippen LogP contribution in [0.15, 0.2) is 24.3 Å². The largest absolute Gasteiger partial charge is 0.342 e. The maximum atomic E-state index is 12.4. The van der Waals surface area contributed by atoms with Crippen LogP contribution >= 0.6 is 0 Å². The van der Waals surface area contributed by atoms with Crippen LogP contribution in [0.3, 0.4) is 0 Å². The lowest BCUT2D eigenvalue weighted by molar-refractivity contribution is -0.134. The molecule has 3 amide bonds. The summed E-state index contributed by atoms with van der Waals surface area (Å²) in [4.78, 5) is 39.9. The van der Waals surface area contributed by atoms with Crippen LogP contribution in [0, 0.1) is 6.92 Å². The zero-order valence-corrected chi connectivity index (χ0v) is 13.0. The molecule has 1 aromatic carbocycles. The van der Waals surface area contributed by atoms with Crippen molar-refractivity contribution >= 4 is 23.9 Å². The summed E-state index contributed by atoms with van der Waals surface area (Å²) in [5.41, 5.74) is 1.71. The Morgan fingerprint density at radius 2 is 1.82 bits per heavy atom. The van der Waals surface area contributed by atoms with Gasteiger partial charge in [0.1, 0.15) is 6.54 Å². The van der Waals surface area contributed by atoms with Crippen molar-refractivity contribution in [3.8, 4) is 0 Å². The van der Waals surface area contributed by atoms with E-state index in [0.717, 1.165) is 17.7 Å². The van der Waals surface area contributed by atoms with E-state index < -0.39 is 0 Å². The van der Waals surface area contributed by atoms with E-state index in [0.29, 0.717) is 26.2 Å². The fraction of sp³-hybridized carbons (Fsp3) is 0.438. The van der Waals surface area contributed by atoms with Crippen LogP contribution in [-0.2, 0) is 14.4 Å². The van der Waals surface area contributed by atoms with Crippen molar-refractivity contribution in [2.24, 2.45) is 0 Å². The Kier molecular flexibility index (Phi) is 5.14. The highest BCUT2D eigenvalue weighted by Gasteiger charge is 2.24. The lowest BCUT2D eigenvalue weighted by atomic mass is 10.1. The minimum atomic E-state index is -0.158. The highest BCUT2D eigenvalue weighted by atomic mass is 16.2. The van der Waals surface area contributed by atoms with Gasteiger partial charge in [-0.2, -0.15) is 0 Å². The third-order valence-electron chi connectivity index (χ3n) is 3.90. The Morgan fingerprint density at radius 3 is 2.36 bits per heavy atom. The third-order valence-corrected chi connectivity index (χ3v) is 3.90. The summed E-state index contributed by atoms with van der Waals surface area (Å²) in [6.07, 6.45) is 0.803. The van der Waals surface area contributed by atoms with Crippen LogP contribution in [0.2, 0.25) is 0 Å². The summed E-state index contributed by atoms with van der Waals surface area (Å²) < 4.78 is 0. The average Bonchev–Trinajstić information content (AvgIpc) is 2.53. The van der Waals surface area contributed by atoms with Gasteiger partial charge in [-0.15, -0.1) is 0 Å². The number of rotatable bonds is 4. The van der Waals surface area contributed by atoms with Crippen molar-refractivity contribution in [1.82, 2.24) is 9.80 Å². The van der Waals surface area contributed by atoms with Gasteiger partial charge in [0.05, 0.1) is 0 Å². The number of piperazine rings is 1. The molecule has 0 aromatic heterocycles. The summed E-state index contributed by atoms with van der Waals surface area (Å²) in [7, 11) is 0. The lowest BCUT2D eigenvalue weighted by Crippen LogP contribution is -2.51. The molecular weight excluding hydrogens is 282 g/mol. The first-order valence-electron chi connectivity index (χ1n) is 7.34. The number of hydrogen-bond donors (Lipinski definition) is 0. The maximum absolute atomic E-state index is 12.4. The molecule has 0 aliphatic carbocycles. The molecule has 22 heavy (non-hydrogen) atoms. The molecule has 0 bridgehead atoms. The molecule has 0 N–H and O–H groups in total. The molecule has 1 aliphatic heterocycles. The molecule has 1 saturated heterocycles. The second kappa shape index (κ2) is 7.06. The minimum absolute atomic E-state index is 0.0290. The first-order valence-corrected chi connectivity index (χ1v) is 7.34. The van der Waals surface area contributed by atoms with Gasteiger partial charge in [-0.25, -0.2) is 0 Å². The fourth-order valence-corrected chi connectivity index (χ4v) is 2.54. The van der Waals surface area contributed by atoms with Gasteiger partial charge in [0.2, 0.25) is 18.2 Å². The van der Waals surface area contributed by atoms with Crippen molar-refractivity contribution in [2.75, 3.05) is 37.6 Å². The number of amides is 3. The number of carbonyl (C=O) groups excluding carboxylic acids is 3. The number of nitrogens with zero attached hydrogens (tertiary/aromatic N) is 3. The zero-order valence-electron chi connectivity index (χ0n) is 13.0. The molecule has 1 aromatic rings. The molecule has 1 heterocycles.